The van der Waals surface area contributed by atoms with Gasteiger partial charge in [0.05, 0.1) is 0 Å². The molecule has 4 rings (SSSR count). The van der Waals surface area contributed by atoms with E-state index in [-0.39, 0.29) is 5.82 Å². The van der Waals surface area contributed by atoms with E-state index < -0.39 is 0 Å². The Morgan fingerprint density at radius 3 is 2.50 bits per heavy atom. The number of hydrogen-bond donors (Lipinski definition) is 1. The zero-order chi connectivity index (χ0) is 19.3. The first kappa shape index (κ1) is 18.5. The van der Waals surface area contributed by atoms with Crippen LogP contribution in [0.5, 0.6) is 5.75 Å². The lowest BCUT2D eigenvalue weighted by atomic mass is 10.1. The molecule has 28 heavy (non-hydrogen) atoms. The average molecular weight is 436 g/mol. The highest BCUT2D eigenvalue weighted by molar-refractivity contribution is 9.10. The molecule has 0 aliphatic carbocycles. The quantitative estimate of drug-likeness (QED) is 0.354. The van der Waals surface area contributed by atoms with Gasteiger partial charge in [-0.1, -0.05) is 64.5 Å². The first-order valence-electron chi connectivity index (χ1n) is 9.06. The molecule has 0 aliphatic heterocycles. The number of fused-ring (bicyclic) bond motifs is 1. The van der Waals surface area contributed by atoms with E-state index in [2.05, 4.69) is 57.6 Å². The summed E-state index contributed by atoms with van der Waals surface area (Å²) in [5.41, 5.74) is 3.06. The van der Waals surface area contributed by atoms with Crippen molar-refractivity contribution in [2.24, 2.45) is 0 Å². The average Bonchev–Trinajstić information content (AvgIpc) is 2.72. The van der Waals surface area contributed by atoms with Gasteiger partial charge in [0.2, 0.25) is 0 Å². The van der Waals surface area contributed by atoms with Crippen molar-refractivity contribution in [2.45, 2.75) is 13.2 Å². The van der Waals surface area contributed by atoms with E-state index in [9.17, 15) is 4.39 Å². The zero-order valence-electron chi connectivity index (χ0n) is 15.2. The van der Waals surface area contributed by atoms with E-state index in [0.717, 1.165) is 27.0 Å². The van der Waals surface area contributed by atoms with Crippen molar-refractivity contribution in [3.05, 3.63) is 106 Å². The topological polar surface area (TPSA) is 21.3 Å². The van der Waals surface area contributed by atoms with E-state index >= 15 is 0 Å². The third-order valence-electron chi connectivity index (χ3n) is 4.59. The summed E-state index contributed by atoms with van der Waals surface area (Å²) in [5, 5.41) is 5.92. The first-order valence-corrected chi connectivity index (χ1v) is 9.86. The fraction of sp³-hybridized carbons (Fsp3) is 0.0833. The van der Waals surface area contributed by atoms with Gasteiger partial charge < -0.3 is 10.1 Å². The molecule has 0 spiro atoms. The summed E-state index contributed by atoms with van der Waals surface area (Å²) < 4.78 is 20.1. The number of ether oxygens (including phenoxy) is 1. The minimum Gasteiger partial charge on any atom is -0.489 e. The van der Waals surface area contributed by atoms with Crippen molar-refractivity contribution in [1.82, 2.24) is 0 Å². The van der Waals surface area contributed by atoms with Gasteiger partial charge in [0.1, 0.15) is 18.2 Å². The van der Waals surface area contributed by atoms with Crippen LogP contribution >= 0.6 is 15.9 Å². The second-order valence-corrected chi connectivity index (χ2v) is 7.46. The Labute approximate surface area is 172 Å². The number of nitrogens with one attached hydrogen (secondary N) is 1. The van der Waals surface area contributed by atoms with Crippen molar-refractivity contribution < 1.29 is 9.13 Å². The molecular weight excluding hydrogens is 417 g/mol. The summed E-state index contributed by atoms with van der Waals surface area (Å²) >= 11 is 3.54. The predicted octanol–water partition coefficient (Wildman–Crippen LogP) is 6.93. The summed E-state index contributed by atoms with van der Waals surface area (Å²) in [6.07, 6.45) is 0. The highest BCUT2D eigenvalue weighted by atomic mass is 79.9. The van der Waals surface area contributed by atoms with Crippen molar-refractivity contribution >= 4 is 32.4 Å². The summed E-state index contributed by atoms with van der Waals surface area (Å²) in [6, 6.07) is 26.9. The molecule has 4 aromatic rings. The maximum absolute atomic E-state index is 13.1. The van der Waals surface area contributed by atoms with Gasteiger partial charge in [-0.05, 0) is 47.3 Å². The molecule has 0 saturated carbocycles. The molecule has 0 amide bonds. The third kappa shape index (κ3) is 4.34. The van der Waals surface area contributed by atoms with Gasteiger partial charge in [-0.3, -0.25) is 0 Å². The molecule has 4 heteroatoms. The Morgan fingerprint density at radius 2 is 1.64 bits per heavy atom. The van der Waals surface area contributed by atoms with Crippen molar-refractivity contribution in [1.29, 1.82) is 0 Å². The van der Waals surface area contributed by atoms with E-state index in [1.807, 2.05) is 24.3 Å². The number of hydrogen-bond acceptors (Lipinski definition) is 2. The van der Waals surface area contributed by atoms with Crippen molar-refractivity contribution in [3.8, 4) is 5.75 Å². The van der Waals surface area contributed by atoms with Crippen LogP contribution < -0.4 is 10.1 Å². The fourth-order valence-electron chi connectivity index (χ4n) is 3.14. The molecule has 4 aromatic carbocycles. The summed E-state index contributed by atoms with van der Waals surface area (Å²) in [5.74, 6) is 0.563. The van der Waals surface area contributed by atoms with E-state index in [1.54, 1.807) is 12.1 Å². The third-order valence-corrected chi connectivity index (χ3v) is 5.08. The van der Waals surface area contributed by atoms with Gasteiger partial charge in [-0.25, -0.2) is 4.39 Å². The highest BCUT2D eigenvalue weighted by Crippen LogP contribution is 2.27. The highest BCUT2D eigenvalue weighted by Gasteiger charge is 2.07. The second-order valence-electron chi connectivity index (χ2n) is 6.55. The Kier molecular flexibility index (Phi) is 5.58. The normalized spacial score (nSPS) is 10.8. The van der Waals surface area contributed by atoms with Crippen LogP contribution in [0.25, 0.3) is 10.8 Å². The van der Waals surface area contributed by atoms with Crippen LogP contribution in [0.1, 0.15) is 11.1 Å². The standard InChI is InChI=1S/C24H19BrFNO/c25-20-10-13-24(28-16-17-8-11-21(26)12-9-17)19(14-20)15-27-23-7-3-5-18-4-1-2-6-22(18)23/h1-14,27H,15-16H2. The molecular formula is C24H19BrFNO. The minimum absolute atomic E-state index is 0.243. The maximum Gasteiger partial charge on any atom is 0.124 e. The van der Waals surface area contributed by atoms with Crippen LogP contribution in [0.4, 0.5) is 10.1 Å². The van der Waals surface area contributed by atoms with Crippen LogP contribution in [-0.4, -0.2) is 0 Å². The maximum atomic E-state index is 13.1. The molecule has 0 atom stereocenters. The number of rotatable bonds is 6. The molecule has 0 aliphatic rings. The summed E-state index contributed by atoms with van der Waals surface area (Å²) in [4.78, 5) is 0. The van der Waals surface area contributed by atoms with Gasteiger partial charge >= 0.3 is 0 Å². The SMILES string of the molecule is Fc1ccc(COc2ccc(Br)cc2CNc2cccc3ccccc23)cc1. The first-order chi connectivity index (χ1) is 13.7. The van der Waals surface area contributed by atoms with Crippen molar-refractivity contribution in [2.75, 3.05) is 5.32 Å². The Bertz CT molecular complexity index is 1090. The van der Waals surface area contributed by atoms with E-state index in [1.165, 1.54) is 22.9 Å². The molecule has 1 N–H and O–H groups in total. The van der Waals surface area contributed by atoms with Crippen molar-refractivity contribution in [3.63, 3.8) is 0 Å². The smallest absolute Gasteiger partial charge is 0.124 e. The van der Waals surface area contributed by atoms with Crippen LogP contribution in [-0.2, 0) is 13.2 Å². The molecule has 0 aromatic heterocycles. The number of benzene rings is 4. The number of halogens is 2. The zero-order valence-corrected chi connectivity index (χ0v) is 16.7. The molecule has 0 bridgehead atoms. The monoisotopic (exact) mass is 435 g/mol. The largest absolute Gasteiger partial charge is 0.489 e. The Hall–Kier alpha value is -2.85. The lowest BCUT2D eigenvalue weighted by molar-refractivity contribution is 0.303. The molecule has 2 nitrogen and oxygen atoms in total. The van der Waals surface area contributed by atoms with Gasteiger partial charge in [-0.15, -0.1) is 0 Å². The second kappa shape index (κ2) is 8.44. The van der Waals surface area contributed by atoms with Gasteiger partial charge in [0.15, 0.2) is 0 Å². The Balaban J connectivity index is 1.52. The van der Waals surface area contributed by atoms with Gasteiger partial charge in [-0.2, -0.15) is 0 Å². The van der Waals surface area contributed by atoms with Gasteiger partial charge in [0.25, 0.3) is 0 Å². The molecule has 0 unspecified atom stereocenters. The van der Waals surface area contributed by atoms with E-state index in [0.29, 0.717) is 13.2 Å². The van der Waals surface area contributed by atoms with Crippen LogP contribution in [0.3, 0.4) is 0 Å². The molecule has 0 saturated heterocycles. The molecule has 140 valence electrons. The molecule has 0 radical (unpaired) electrons. The van der Waals surface area contributed by atoms with Crippen LogP contribution in [0, 0.1) is 5.82 Å². The molecule has 0 fully saturated rings. The Morgan fingerprint density at radius 1 is 0.857 bits per heavy atom. The lowest BCUT2D eigenvalue weighted by Gasteiger charge is -2.15. The summed E-state index contributed by atoms with van der Waals surface area (Å²) in [6.45, 7) is 1.02. The number of anilines is 1. The van der Waals surface area contributed by atoms with Gasteiger partial charge in [0, 0.05) is 27.7 Å². The minimum atomic E-state index is -0.243. The lowest BCUT2D eigenvalue weighted by Crippen LogP contribution is -2.04. The summed E-state index contributed by atoms with van der Waals surface area (Å²) in [7, 11) is 0. The van der Waals surface area contributed by atoms with E-state index in [4.69, 9.17) is 4.74 Å². The van der Waals surface area contributed by atoms with Crippen LogP contribution in [0.2, 0.25) is 0 Å². The fourth-order valence-corrected chi connectivity index (χ4v) is 3.55. The predicted molar refractivity (Wildman–Crippen MR) is 116 cm³/mol. The van der Waals surface area contributed by atoms with Crippen LogP contribution in [0.15, 0.2) is 89.4 Å². The molecule has 0 heterocycles.